The number of benzene rings is 2. The van der Waals surface area contributed by atoms with Gasteiger partial charge in [-0.2, -0.15) is 0 Å². The van der Waals surface area contributed by atoms with E-state index in [2.05, 4.69) is 32.0 Å². The van der Waals surface area contributed by atoms with Crippen molar-refractivity contribution in [3.8, 4) is 0 Å². The van der Waals surface area contributed by atoms with Crippen LogP contribution in [0.2, 0.25) is 5.02 Å². The molecule has 0 amide bonds. The fraction of sp³-hybridized carbons (Fsp3) is 0.0714. The monoisotopic (exact) mass is 352 g/mol. The van der Waals surface area contributed by atoms with E-state index in [9.17, 15) is 0 Å². The number of thioether (sulfide) groups is 1. The summed E-state index contributed by atoms with van der Waals surface area (Å²) in [6.45, 7) is 0. The molecule has 0 atom stereocenters. The Balaban J connectivity index is 1.80. The van der Waals surface area contributed by atoms with Crippen molar-refractivity contribution in [2.24, 2.45) is 0 Å². The smallest absolute Gasteiger partial charge is 0.166 e. The van der Waals surface area contributed by atoms with Crippen LogP contribution in [0.5, 0.6) is 0 Å². The van der Waals surface area contributed by atoms with E-state index < -0.39 is 0 Å². The predicted molar refractivity (Wildman–Crippen MR) is 84.8 cm³/mol. The van der Waals surface area contributed by atoms with Gasteiger partial charge in [0.1, 0.15) is 0 Å². The molecule has 0 aliphatic carbocycles. The maximum absolute atomic E-state index is 5.96. The van der Waals surface area contributed by atoms with Crippen LogP contribution >= 0.6 is 39.3 Å². The van der Waals surface area contributed by atoms with Crippen LogP contribution in [0.15, 0.2) is 52.1 Å². The number of hydrogen-bond acceptors (Lipinski definition) is 2. The molecule has 0 aliphatic rings. The summed E-state index contributed by atoms with van der Waals surface area (Å²) in [7, 11) is 0. The molecule has 19 heavy (non-hydrogen) atoms. The van der Waals surface area contributed by atoms with Crippen LogP contribution in [0.4, 0.5) is 0 Å². The van der Waals surface area contributed by atoms with Gasteiger partial charge in [0.05, 0.1) is 11.0 Å². The molecule has 96 valence electrons. The molecule has 0 bridgehead atoms. The summed E-state index contributed by atoms with van der Waals surface area (Å²) in [4.78, 5) is 7.81. The Morgan fingerprint density at radius 1 is 1.21 bits per heavy atom. The fourth-order valence-electron chi connectivity index (χ4n) is 1.79. The molecule has 1 N–H and O–H groups in total. The second-order valence-corrected chi connectivity index (χ2v) is 6.34. The average molecular weight is 354 g/mol. The quantitative estimate of drug-likeness (QED) is 0.650. The number of rotatable bonds is 3. The van der Waals surface area contributed by atoms with Crippen molar-refractivity contribution < 1.29 is 0 Å². The summed E-state index contributed by atoms with van der Waals surface area (Å²) in [5, 5.41) is 1.63. The first-order valence-electron chi connectivity index (χ1n) is 5.74. The van der Waals surface area contributed by atoms with Crippen molar-refractivity contribution in [2.75, 3.05) is 0 Å². The lowest BCUT2D eigenvalue weighted by atomic mass is 10.2. The molecule has 0 aliphatic heterocycles. The lowest BCUT2D eigenvalue weighted by Gasteiger charge is -2.01. The van der Waals surface area contributed by atoms with Crippen molar-refractivity contribution in [3.63, 3.8) is 0 Å². The summed E-state index contributed by atoms with van der Waals surface area (Å²) in [6.07, 6.45) is 0. The van der Waals surface area contributed by atoms with Gasteiger partial charge in [0, 0.05) is 15.2 Å². The lowest BCUT2D eigenvalue weighted by Crippen LogP contribution is -1.83. The molecule has 0 saturated heterocycles. The van der Waals surface area contributed by atoms with E-state index in [1.165, 1.54) is 5.56 Å². The number of nitrogens with one attached hydrogen (secondary N) is 1. The lowest BCUT2D eigenvalue weighted by molar-refractivity contribution is 1.08. The van der Waals surface area contributed by atoms with Crippen LogP contribution in [-0.2, 0) is 5.75 Å². The number of fused-ring (bicyclic) bond motifs is 1. The zero-order valence-corrected chi connectivity index (χ0v) is 13.0. The Morgan fingerprint density at radius 3 is 2.89 bits per heavy atom. The number of hydrogen-bond donors (Lipinski definition) is 1. The van der Waals surface area contributed by atoms with Crippen molar-refractivity contribution >= 4 is 50.3 Å². The first kappa shape index (κ1) is 13.0. The predicted octanol–water partition coefficient (Wildman–Crippen LogP) is 5.27. The van der Waals surface area contributed by atoms with Gasteiger partial charge in [-0.05, 0) is 29.8 Å². The topological polar surface area (TPSA) is 28.7 Å². The second kappa shape index (κ2) is 5.57. The largest absolute Gasteiger partial charge is 0.333 e. The minimum absolute atomic E-state index is 0.721. The van der Waals surface area contributed by atoms with Crippen molar-refractivity contribution in [2.45, 2.75) is 10.9 Å². The van der Waals surface area contributed by atoms with E-state index in [0.29, 0.717) is 0 Å². The molecule has 2 nitrogen and oxygen atoms in total. The van der Waals surface area contributed by atoms with Gasteiger partial charge < -0.3 is 4.98 Å². The summed E-state index contributed by atoms with van der Waals surface area (Å²) in [6, 6.07) is 13.9. The molecule has 0 saturated carbocycles. The van der Waals surface area contributed by atoms with E-state index in [4.69, 9.17) is 11.6 Å². The van der Waals surface area contributed by atoms with Gasteiger partial charge in [-0.15, -0.1) is 0 Å². The Kier molecular flexibility index (Phi) is 3.82. The third-order valence-corrected chi connectivity index (χ3v) is 4.68. The van der Waals surface area contributed by atoms with Gasteiger partial charge in [0.2, 0.25) is 0 Å². The maximum Gasteiger partial charge on any atom is 0.166 e. The van der Waals surface area contributed by atoms with E-state index in [0.717, 1.165) is 31.4 Å². The molecule has 3 aromatic rings. The number of halogens is 2. The standard InChI is InChI=1S/C14H10BrClN2S/c15-11-4-2-1-3-9(11)8-19-14-17-12-6-5-10(16)7-13(12)18-14/h1-7H,8H2,(H,17,18). The number of H-pyrrole nitrogens is 1. The minimum Gasteiger partial charge on any atom is -0.333 e. The molecule has 2 aromatic carbocycles. The van der Waals surface area contributed by atoms with Gasteiger partial charge >= 0.3 is 0 Å². The summed E-state index contributed by atoms with van der Waals surface area (Å²) in [5.74, 6) is 0.870. The Bertz CT molecular complexity index is 726. The molecule has 0 spiro atoms. The van der Waals surface area contributed by atoms with Crippen LogP contribution in [0.25, 0.3) is 11.0 Å². The molecule has 1 aromatic heterocycles. The fourth-order valence-corrected chi connectivity index (χ4v) is 3.46. The van der Waals surface area contributed by atoms with E-state index >= 15 is 0 Å². The highest BCUT2D eigenvalue weighted by Crippen LogP contribution is 2.27. The van der Waals surface area contributed by atoms with Crippen LogP contribution in [-0.4, -0.2) is 9.97 Å². The SMILES string of the molecule is Clc1ccc2nc(SCc3ccccc3Br)[nH]c2c1. The number of aromatic amines is 1. The van der Waals surface area contributed by atoms with Crippen LogP contribution in [0.3, 0.4) is 0 Å². The zero-order chi connectivity index (χ0) is 13.2. The molecule has 5 heteroatoms. The number of imidazole rings is 1. The minimum atomic E-state index is 0.721. The Morgan fingerprint density at radius 2 is 2.05 bits per heavy atom. The van der Waals surface area contributed by atoms with Crippen LogP contribution in [0, 0.1) is 0 Å². The Hall–Kier alpha value is -0.970. The van der Waals surface area contributed by atoms with E-state index in [1.54, 1.807) is 11.8 Å². The van der Waals surface area contributed by atoms with Crippen molar-refractivity contribution in [1.82, 2.24) is 9.97 Å². The first-order chi connectivity index (χ1) is 9.22. The van der Waals surface area contributed by atoms with Gasteiger partial charge in [-0.25, -0.2) is 4.98 Å². The maximum atomic E-state index is 5.96. The van der Waals surface area contributed by atoms with E-state index in [-0.39, 0.29) is 0 Å². The third-order valence-electron chi connectivity index (χ3n) is 2.74. The van der Waals surface area contributed by atoms with Gasteiger partial charge in [0.25, 0.3) is 0 Å². The highest BCUT2D eigenvalue weighted by molar-refractivity contribution is 9.10. The van der Waals surface area contributed by atoms with Gasteiger partial charge in [-0.1, -0.05) is 57.5 Å². The summed E-state index contributed by atoms with van der Waals surface area (Å²) >= 11 is 11.2. The van der Waals surface area contributed by atoms with Gasteiger partial charge in [0.15, 0.2) is 5.16 Å². The highest BCUT2D eigenvalue weighted by Gasteiger charge is 2.05. The zero-order valence-electron chi connectivity index (χ0n) is 9.86. The number of aromatic nitrogens is 2. The van der Waals surface area contributed by atoms with Crippen LogP contribution in [0.1, 0.15) is 5.56 Å². The third kappa shape index (κ3) is 2.96. The second-order valence-electron chi connectivity index (χ2n) is 4.08. The summed E-state index contributed by atoms with van der Waals surface area (Å²) < 4.78 is 1.13. The molecule has 1 heterocycles. The number of nitrogens with zero attached hydrogens (tertiary/aromatic N) is 1. The molecule has 0 unspecified atom stereocenters. The van der Waals surface area contributed by atoms with Gasteiger partial charge in [-0.3, -0.25) is 0 Å². The van der Waals surface area contributed by atoms with Crippen LogP contribution < -0.4 is 0 Å². The molecule has 0 fully saturated rings. The molecule has 3 rings (SSSR count). The normalized spacial score (nSPS) is 11.1. The average Bonchev–Trinajstić information content (AvgIpc) is 2.79. The first-order valence-corrected chi connectivity index (χ1v) is 7.89. The van der Waals surface area contributed by atoms with Crippen molar-refractivity contribution in [1.29, 1.82) is 0 Å². The molecular weight excluding hydrogens is 344 g/mol. The van der Waals surface area contributed by atoms with Crippen molar-refractivity contribution in [3.05, 3.63) is 57.5 Å². The highest BCUT2D eigenvalue weighted by atomic mass is 79.9. The van der Waals surface area contributed by atoms with E-state index in [1.807, 2.05) is 36.4 Å². The summed E-state index contributed by atoms with van der Waals surface area (Å²) in [5.41, 5.74) is 3.17. The molecule has 0 radical (unpaired) electrons. The Labute approximate surface area is 128 Å². The molecular formula is C14H10BrClN2S.